The van der Waals surface area contributed by atoms with E-state index in [-0.39, 0.29) is 5.91 Å². The summed E-state index contributed by atoms with van der Waals surface area (Å²) in [6.45, 7) is 1.36. The predicted octanol–water partition coefficient (Wildman–Crippen LogP) is 1.92. The molecule has 90 valence electrons. The van der Waals surface area contributed by atoms with Gasteiger partial charge >= 0.3 is 0 Å². The van der Waals surface area contributed by atoms with E-state index in [0.29, 0.717) is 17.8 Å². The second kappa shape index (κ2) is 6.52. The van der Waals surface area contributed by atoms with Crippen molar-refractivity contribution in [2.24, 2.45) is 5.11 Å². The largest absolute Gasteiger partial charge is 0.351 e. The smallest absolute Gasteiger partial charge is 0.251 e. The number of hydrogen-bond donors (Lipinski definition) is 1. The zero-order valence-electron chi connectivity index (χ0n) is 9.92. The Morgan fingerprint density at radius 1 is 1.53 bits per heavy atom. The van der Waals surface area contributed by atoms with Crippen molar-refractivity contribution < 1.29 is 4.79 Å². The minimum Gasteiger partial charge on any atom is -0.351 e. The maximum atomic E-state index is 11.7. The van der Waals surface area contributed by atoms with Gasteiger partial charge in [0.15, 0.2) is 0 Å². The molecule has 0 aliphatic carbocycles. The number of carbonyl (C=O) groups is 1. The van der Waals surface area contributed by atoms with Crippen molar-refractivity contribution in [3.63, 3.8) is 0 Å². The summed E-state index contributed by atoms with van der Waals surface area (Å²) >= 11 is 0. The average molecular weight is 233 g/mol. The van der Waals surface area contributed by atoms with E-state index in [1.54, 1.807) is 24.3 Å². The van der Waals surface area contributed by atoms with Gasteiger partial charge in [0.1, 0.15) is 0 Å². The zero-order chi connectivity index (χ0) is 12.7. The average Bonchev–Trinajstić information content (AvgIpc) is 2.29. The fourth-order valence-corrected chi connectivity index (χ4v) is 1.26. The first kappa shape index (κ1) is 13.0. The minimum absolute atomic E-state index is 0.165. The first-order chi connectivity index (χ1) is 8.13. The second-order valence-corrected chi connectivity index (χ2v) is 3.80. The molecule has 1 aromatic carbocycles. The molecule has 1 rings (SSSR count). The summed E-state index contributed by atoms with van der Waals surface area (Å²) in [6.07, 6.45) is 0. The monoisotopic (exact) mass is 233 g/mol. The third-order valence-electron chi connectivity index (χ3n) is 2.11. The first-order valence-corrected chi connectivity index (χ1v) is 5.21. The molecule has 0 saturated carbocycles. The summed E-state index contributed by atoms with van der Waals surface area (Å²) in [5, 5.41) is 6.23. The van der Waals surface area contributed by atoms with Crippen molar-refractivity contribution in [2.45, 2.75) is 0 Å². The molecule has 0 aliphatic heterocycles. The number of azide groups is 1. The van der Waals surface area contributed by atoms with E-state index >= 15 is 0 Å². The third-order valence-corrected chi connectivity index (χ3v) is 2.11. The fourth-order valence-electron chi connectivity index (χ4n) is 1.26. The molecule has 0 bridgehead atoms. The van der Waals surface area contributed by atoms with E-state index in [9.17, 15) is 4.79 Å². The van der Waals surface area contributed by atoms with Gasteiger partial charge in [-0.25, -0.2) is 0 Å². The Balaban J connectivity index is 2.62. The third kappa shape index (κ3) is 4.55. The molecular formula is C11H15N5O. The van der Waals surface area contributed by atoms with E-state index < -0.39 is 0 Å². The van der Waals surface area contributed by atoms with Gasteiger partial charge in [0.2, 0.25) is 0 Å². The molecule has 6 heteroatoms. The van der Waals surface area contributed by atoms with Crippen molar-refractivity contribution in [3.8, 4) is 0 Å². The van der Waals surface area contributed by atoms with Gasteiger partial charge < -0.3 is 10.2 Å². The van der Waals surface area contributed by atoms with Crippen LogP contribution < -0.4 is 5.32 Å². The van der Waals surface area contributed by atoms with Gasteiger partial charge in [0.05, 0.1) is 0 Å². The zero-order valence-corrected chi connectivity index (χ0v) is 9.92. The summed E-state index contributed by atoms with van der Waals surface area (Å²) in [4.78, 5) is 16.4. The summed E-state index contributed by atoms with van der Waals surface area (Å²) < 4.78 is 0. The molecule has 0 saturated heterocycles. The van der Waals surface area contributed by atoms with E-state index in [2.05, 4.69) is 15.3 Å². The molecule has 0 radical (unpaired) electrons. The van der Waals surface area contributed by atoms with Crippen molar-refractivity contribution in [1.29, 1.82) is 0 Å². The molecule has 17 heavy (non-hydrogen) atoms. The lowest BCUT2D eigenvalue weighted by Gasteiger charge is -2.10. The van der Waals surface area contributed by atoms with E-state index in [4.69, 9.17) is 5.53 Å². The van der Waals surface area contributed by atoms with E-state index in [0.717, 1.165) is 6.54 Å². The van der Waals surface area contributed by atoms with Crippen molar-refractivity contribution in [3.05, 3.63) is 40.3 Å². The Labute approximate surface area is 99.9 Å². The number of hydrogen-bond acceptors (Lipinski definition) is 3. The lowest BCUT2D eigenvalue weighted by Crippen LogP contribution is -2.31. The van der Waals surface area contributed by atoms with Crippen LogP contribution in [0.4, 0.5) is 5.69 Å². The molecule has 1 amide bonds. The van der Waals surface area contributed by atoms with Gasteiger partial charge in [0.25, 0.3) is 5.91 Å². The maximum Gasteiger partial charge on any atom is 0.251 e. The van der Waals surface area contributed by atoms with Gasteiger partial charge in [-0.15, -0.1) is 0 Å². The Kier molecular flexibility index (Phi) is 5.00. The van der Waals surface area contributed by atoms with Gasteiger partial charge in [0, 0.05) is 29.3 Å². The van der Waals surface area contributed by atoms with Gasteiger partial charge in [-0.1, -0.05) is 17.2 Å². The van der Waals surface area contributed by atoms with Crippen LogP contribution in [0.3, 0.4) is 0 Å². The summed E-state index contributed by atoms with van der Waals surface area (Å²) in [5.74, 6) is -0.165. The molecule has 0 atom stereocenters. The summed E-state index contributed by atoms with van der Waals surface area (Å²) in [6, 6.07) is 6.58. The van der Waals surface area contributed by atoms with Gasteiger partial charge in [-0.3, -0.25) is 4.79 Å². The molecule has 0 heterocycles. The van der Waals surface area contributed by atoms with Crippen LogP contribution in [0.15, 0.2) is 29.4 Å². The highest BCUT2D eigenvalue weighted by molar-refractivity contribution is 5.94. The lowest BCUT2D eigenvalue weighted by molar-refractivity contribution is 0.0951. The van der Waals surface area contributed by atoms with Crippen molar-refractivity contribution >= 4 is 11.6 Å². The number of nitrogens with one attached hydrogen (secondary N) is 1. The molecular weight excluding hydrogens is 218 g/mol. The molecule has 0 fully saturated rings. The second-order valence-electron chi connectivity index (χ2n) is 3.80. The molecule has 0 aliphatic rings. The molecule has 0 unspecified atom stereocenters. The number of likely N-dealkylation sites (N-methyl/N-ethyl adjacent to an activating group) is 1. The minimum atomic E-state index is -0.165. The van der Waals surface area contributed by atoms with Gasteiger partial charge in [-0.2, -0.15) is 0 Å². The van der Waals surface area contributed by atoms with Crippen LogP contribution in [-0.2, 0) is 0 Å². The van der Waals surface area contributed by atoms with E-state index in [1.807, 2.05) is 19.0 Å². The standard InChI is InChI=1S/C11H15N5O/c1-16(2)7-6-13-11(17)9-4-3-5-10(8-9)14-15-12/h3-5,8H,6-7H2,1-2H3,(H,13,17). The number of benzene rings is 1. The quantitative estimate of drug-likeness (QED) is 0.479. The topological polar surface area (TPSA) is 81.1 Å². The Bertz CT molecular complexity index is 437. The Morgan fingerprint density at radius 3 is 2.94 bits per heavy atom. The Morgan fingerprint density at radius 2 is 2.29 bits per heavy atom. The normalized spacial score (nSPS) is 9.82. The van der Waals surface area contributed by atoms with Crippen LogP contribution in [0.2, 0.25) is 0 Å². The maximum absolute atomic E-state index is 11.7. The van der Waals surface area contributed by atoms with Crippen molar-refractivity contribution in [1.82, 2.24) is 10.2 Å². The van der Waals surface area contributed by atoms with Crippen LogP contribution >= 0.6 is 0 Å². The SMILES string of the molecule is CN(C)CCNC(=O)c1cccc(N=[N+]=[N-])c1. The molecule has 0 aromatic heterocycles. The molecule has 0 spiro atoms. The first-order valence-electron chi connectivity index (χ1n) is 5.21. The Hall–Kier alpha value is -2.04. The number of amides is 1. The fraction of sp³-hybridized carbons (Fsp3) is 0.364. The van der Waals surface area contributed by atoms with Crippen LogP contribution in [0.5, 0.6) is 0 Å². The molecule has 6 nitrogen and oxygen atoms in total. The number of nitrogens with zero attached hydrogens (tertiary/aromatic N) is 4. The highest BCUT2D eigenvalue weighted by Crippen LogP contribution is 2.13. The van der Waals surface area contributed by atoms with Crippen LogP contribution in [0.25, 0.3) is 10.4 Å². The van der Waals surface area contributed by atoms with Crippen molar-refractivity contribution in [2.75, 3.05) is 27.2 Å². The number of rotatable bonds is 5. The number of carbonyl (C=O) groups excluding carboxylic acids is 1. The van der Waals surface area contributed by atoms with Crippen LogP contribution in [0.1, 0.15) is 10.4 Å². The van der Waals surface area contributed by atoms with Crippen LogP contribution in [0, 0.1) is 0 Å². The van der Waals surface area contributed by atoms with Gasteiger partial charge in [-0.05, 0) is 31.8 Å². The highest BCUT2D eigenvalue weighted by Gasteiger charge is 2.04. The molecule has 1 N–H and O–H groups in total. The van der Waals surface area contributed by atoms with E-state index in [1.165, 1.54) is 0 Å². The summed E-state index contributed by atoms with van der Waals surface area (Å²) in [5.41, 5.74) is 9.24. The highest BCUT2D eigenvalue weighted by atomic mass is 16.1. The lowest BCUT2D eigenvalue weighted by atomic mass is 10.2. The van der Waals surface area contributed by atoms with Crippen LogP contribution in [-0.4, -0.2) is 38.0 Å². The molecule has 1 aromatic rings. The summed E-state index contributed by atoms with van der Waals surface area (Å²) in [7, 11) is 3.88. The predicted molar refractivity (Wildman–Crippen MR) is 66.1 cm³/mol.